The summed E-state index contributed by atoms with van der Waals surface area (Å²) in [5.74, 6) is 0. The van der Waals surface area contributed by atoms with Crippen LogP contribution < -0.4 is 0 Å². The molecule has 1 aliphatic carbocycles. The summed E-state index contributed by atoms with van der Waals surface area (Å²) in [6.45, 7) is 0. The molecule has 0 saturated carbocycles. The van der Waals surface area contributed by atoms with Crippen molar-refractivity contribution >= 4 is 6.29 Å². The number of hydrogen-bond acceptors (Lipinski definition) is 1. The molecule has 1 aliphatic rings. The van der Waals surface area contributed by atoms with Gasteiger partial charge in [0.25, 0.3) is 0 Å². The van der Waals surface area contributed by atoms with E-state index in [1.165, 1.54) is 0 Å². The second-order valence-electron chi connectivity index (χ2n) is 1.43. The van der Waals surface area contributed by atoms with Gasteiger partial charge in [-0.2, -0.15) is 5.57 Å². The number of allylic oxidation sites excluding steroid dienone is 4. The van der Waals surface area contributed by atoms with Gasteiger partial charge < -0.3 is 7.65 Å². The van der Waals surface area contributed by atoms with E-state index in [0.29, 0.717) is 0 Å². The topological polar surface area (TPSA) is 17.1 Å². The summed E-state index contributed by atoms with van der Waals surface area (Å²) in [6, 6.07) is 0. The Morgan fingerprint density at radius 2 is 2.50 bits per heavy atom. The Morgan fingerprint density at radius 3 is 2.75 bits per heavy atom. The molecule has 0 aromatic rings. The Kier molecular flexibility index (Phi) is 3.48. The van der Waals surface area contributed by atoms with E-state index in [-0.39, 0.29) is 19.6 Å². The number of carbonyl (C=O) groups excluding carboxylic acids is 1. The van der Waals surface area contributed by atoms with Crippen molar-refractivity contribution in [1.82, 2.24) is 0 Å². The average Bonchev–Trinajstić information content (AvgIpc) is 2.14. The fraction of sp³-hybridized carbons (Fsp3) is 0.167. The van der Waals surface area contributed by atoms with E-state index in [2.05, 4.69) is 0 Å². The maximum atomic E-state index is 9.77. The van der Waals surface area contributed by atoms with Gasteiger partial charge in [0, 0.05) is 16.8 Å². The molecule has 0 amide bonds. The van der Waals surface area contributed by atoms with Crippen molar-refractivity contribution in [2.45, 2.75) is 6.42 Å². The summed E-state index contributed by atoms with van der Waals surface area (Å²) in [6.07, 6.45) is 8.14. The van der Waals surface area contributed by atoms with E-state index in [1.807, 2.05) is 18.4 Å². The van der Waals surface area contributed by atoms with Crippen molar-refractivity contribution in [2.24, 2.45) is 0 Å². The molecule has 0 aromatic carbocycles. The van der Waals surface area contributed by atoms with Crippen LogP contribution in [0.15, 0.2) is 23.8 Å². The minimum absolute atomic E-state index is 0. The second-order valence-corrected chi connectivity index (χ2v) is 1.43. The van der Waals surface area contributed by atoms with Crippen LogP contribution in [0.5, 0.6) is 0 Å². The molecule has 0 unspecified atom stereocenters. The minimum atomic E-state index is 0. The summed E-state index contributed by atoms with van der Waals surface area (Å²) in [4.78, 5) is 9.77. The Labute approximate surface area is 61.6 Å². The molecule has 2 heteroatoms. The second kappa shape index (κ2) is 3.63. The molecule has 1 rings (SSSR count). The molecule has 0 fully saturated rings. The molecule has 1 radical (unpaired) electrons. The van der Waals surface area contributed by atoms with Gasteiger partial charge in [-0.3, -0.25) is 0 Å². The van der Waals surface area contributed by atoms with Crippen molar-refractivity contribution < 1.29 is 24.4 Å². The van der Waals surface area contributed by atoms with Crippen molar-refractivity contribution in [1.29, 1.82) is 0 Å². The molecule has 1 nitrogen and oxygen atoms in total. The molecular weight excluding hydrogens is 147 g/mol. The van der Waals surface area contributed by atoms with E-state index in [1.54, 1.807) is 6.08 Å². The zero-order valence-electron chi connectivity index (χ0n) is 6.18. The van der Waals surface area contributed by atoms with E-state index in [0.717, 1.165) is 12.0 Å². The molecule has 0 aliphatic heterocycles. The summed E-state index contributed by atoms with van der Waals surface area (Å²) >= 11 is 0. The van der Waals surface area contributed by atoms with E-state index >= 15 is 0 Å². The summed E-state index contributed by atoms with van der Waals surface area (Å²) in [5, 5.41) is 0. The fourth-order valence-corrected chi connectivity index (χ4v) is 0.523. The monoisotopic (exact) mass is 154 g/mol. The van der Waals surface area contributed by atoms with Crippen molar-refractivity contribution in [3.05, 3.63) is 23.8 Å². The zero-order chi connectivity index (χ0) is 5.11. The number of rotatable bonds is 1. The third kappa shape index (κ3) is 1.64. The Balaban J connectivity index is -0.000000163. The van der Waals surface area contributed by atoms with Crippen LogP contribution in [0.1, 0.15) is 9.27 Å². The summed E-state index contributed by atoms with van der Waals surface area (Å²) < 4.78 is 0. The first kappa shape index (κ1) is 7.66. The van der Waals surface area contributed by atoms with Crippen LogP contribution in [-0.2, 0) is 21.6 Å². The molecule has 0 aromatic heterocycles. The van der Waals surface area contributed by atoms with E-state index < -0.39 is 0 Å². The Bertz CT molecular complexity index is 143. The van der Waals surface area contributed by atoms with Crippen LogP contribution in [-0.4, -0.2) is 6.29 Å². The van der Waals surface area contributed by atoms with Crippen molar-refractivity contribution in [3.63, 3.8) is 0 Å². The van der Waals surface area contributed by atoms with Crippen LogP contribution in [0.2, 0.25) is 0 Å². The Morgan fingerprint density at radius 1 is 1.75 bits per heavy atom. The number of hydrogen-bond donors (Lipinski definition) is 0. The first-order valence-electron chi connectivity index (χ1n) is 2.17. The quantitative estimate of drug-likeness (QED) is 0.518. The van der Waals surface area contributed by atoms with Gasteiger partial charge >= 0.3 is 0 Å². The van der Waals surface area contributed by atoms with Gasteiger partial charge in [-0.15, -0.1) is 12.2 Å². The van der Waals surface area contributed by atoms with Gasteiger partial charge in [0.15, 0.2) is 0 Å². The minimum Gasteiger partial charge on any atom is -1.00 e. The summed E-state index contributed by atoms with van der Waals surface area (Å²) in [5.41, 5.74) is 0.750. The first-order valence-corrected chi connectivity index (χ1v) is 2.17. The standard InChI is InChI=1S/C6H5O.Co.2H/c7-5-6-3-1-2-4-6;;;/h1-3H,4H2;;;/q-1;;2*-1. The van der Waals surface area contributed by atoms with Crippen LogP contribution >= 0.6 is 0 Å². The predicted octanol–water partition coefficient (Wildman–Crippen LogP) is 1.20. The molecule has 0 N–H and O–H groups in total. The molecule has 0 spiro atoms. The maximum absolute atomic E-state index is 9.77. The smallest absolute Gasteiger partial charge is 0 e. The van der Waals surface area contributed by atoms with Crippen LogP contribution in [0.4, 0.5) is 0 Å². The van der Waals surface area contributed by atoms with E-state index in [9.17, 15) is 4.79 Å². The molecule has 0 bridgehead atoms. The largest absolute Gasteiger partial charge is 1.00 e. The molecule has 0 heterocycles. The van der Waals surface area contributed by atoms with E-state index in [4.69, 9.17) is 0 Å². The Hall–Kier alpha value is -0.344. The van der Waals surface area contributed by atoms with Gasteiger partial charge in [-0.25, -0.2) is 6.08 Å². The third-order valence-corrected chi connectivity index (χ3v) is 0.902. The average molecular weight is 154 g/mol. The normalized spacial score (nSPS) is 14.8. The maximum Gasteiger partial charge on any atom is 0 e. The third-order valence-electron chi connectivity index (χ3n) is 0.902. The van der Waals surface area contributed by atoms with Gasteiger partial charge in [0.1, 0.15) is 0 Å². The van der Waals surface area contributed by atoms with Crippen LogP contribution in [0.3, 0.4) is 0 Å². The van der Waals surface area contributed by atoms with Crippen LogP contribution in [0.25, 0.3) is 0 Å². The molecule has 0 atom stereocenters. The fourth-order valence-electron chi connectivity index (χ4n) is 0.523. The first-order chi connectivity index (χ1) is 3.43. The van der Waals surface area contributed by atoms with Crippen LogP contribution in [0, 0.1) is 0 Å². The van der Waals surface area contributed by atoms with Gasteiger partial charge in [0.2, 0.25) is 0 Å². The molecule has 49 valence electrons. The van der Waals surface area contributed by atoms with Crippen molar-refractivity contribution in [2.75, 3.05) is 0 Å². The van der Waals surface area contributed by atoms with Gasteiger partial charge in [0.05, 0.1) is 0 Å². The molecule has 0 saturated heterocycles. The van der Waals surface area contributed by atoms with Gasteiger partial charge in [-0.05, 0) is 12.7 Å². The SMILES string of the molecule is O=[C-]C1=CC=CC1.[Co].[H-].[H-]. The predicted molar refractivity (Wildman–Crippen MR) is 29.8 cm³/mol. The van der Waals surface area contributed by atoms with Crippen molar-refractivity contribution in [3.8, 4) is 0 Å². The summed E-state index contributed by atoms with van der Waals surface area (Å²) in [7, 11) is 0. The molecular formula is C6H7CoO-3. The van der Waals surface area contributed by atoms with Gasteiger partial charge in [-0.1, -0.05) is 0 Å². The molecule has 8 heavy (non-hydrogen) atoms. The zero-order valence-corrected chi connectivity index (χ0v) is 5.22.